The number of benzene rings is 6. The van der Waals surface area contributed by atoms with Gasteiger partial charge in [-0.25, -0.2) is 4.98 Å². The highest BCUT2D eigenvalue weighted by Crippen LogP contribution is 2.41. The Hall–Kier alpha value is -5.41. The summed E-state index contributed by atoms with van der Waals surface area (Å²) >= 11 is 0. The van der Waals surface area contributed by atoms with Crippen LogP contribution in [0, 0.1) is 0 Å². The second kappa shape index (κ2) is 8.05. The molecule has 0 saturated heterocycles. The molecule has 0 fully saturated rings. The average Bonchev–Trinajstić information content (AvgIpc) is 3.53. The Morgan fingerprint density at radius 3 is 1.55 bits per heavy atom. The van der Waals surface area contributed by atoms with Crippen LogP contribution in [-0.4, -0.2) is 14.1 Å². The van der Waals surface area contributed by atoms with Gasteiger partial charge in [0, 0.05) is 32.9 Å². The first-order chi connectivity index (χ1) is 19.8. The van der Waals surface area contributed by atoms with Crippen molar-refractivity contribution >= 4 is 65.3 Å². The van der Waals surface area contributed by atoms with E-state index >= 15 is 0 Å². The van der Waals surface area contributed by atoms with Crippen molar-refractivity contribution in [1.29, 1.82) is 0 Å². The number of fused-ring (bicyclic) bond motifs is 9. The third-order valence-electron chi connectivity index (χ3n) is 8.30. The second-order valence-corrected chi connectivity index (χ2v) is 10.5. The maximum absolute atomic E-state index is 5.19. The number of pyridine rings is 1. The fourth-order valence-electron chi connectivity index (χ4n) is 6.53. The van der Waals surface area contributed by atoms with Crippen molar-refractivity contribution < 1.29 is 0 Å². The number of rotatable bonds is 2. The Morgan fingerprint density at radius 2 is 0.900 bits per heavy atom. The first-order valence-electron chi connectivity index (χ1n) is 13.6. The van der Waals surface area contributed by atoms with Gasteiger partial charge in [-0.2, -0.15) is 0 Å². The molecule has 0 aliphatic rings. The van der Waals surface area contributed by atoms with Crippen molar-refractivity contribution in [3.8, 4) is 11.4 Å². The summed E-state index contributed by atoms with van der Waals surface area (Å²) in [7, 11) is 0. The van der Waals surface area contributed by atoms with Gasteiger partial charge in [0.2, 0.25) is 0 Å². The van der Waals surface area contributed by atoms with Crippen molar-refractivity contribution in [1.82, 2.24) is 14.1 Å². The van der Waals surface area contributed by atoms with Crippen molar-refractivity contribution in [3.05, 3.63) is 140 Å². The Balaban J connectivity index is 1.43. The molecular formula is C37H23N3. The van der Waals surface area contributed by atoms with E-state index in [1.165, 1.54) is 48.6 Å². The third-order valence-corrected chi connectivity index (χ3v) is 8.30. The normalized spacial score (nSPS) is 12.0. The maximum atomic E-state index is 5.19. The first kappa shape index (κ1) is 21.5. The highest BCUT2D eigenvalue weighted by molar-refractivity contribution is 6.28. The van der Waals surface area contributed by atoms with Crippen molar-refractivity contribution in [2.75, 3.05) is 0 Å². The topological polar surface area (TPSA) is 22.8 Å². The van der Waals surface area contributed by atoms with E-state index in [0.717, 1.165) is 28.1 Å². The van der Waals surface area contributed by atoms with Crippen LogP contribution in [0.15, 0.2) is 140 Å². The first-order valence-corrected chi connectivity index (χ1v) is 13.6. The zero-order chi connectivity index (χ0) is 26.2. The second-order valence-electron chi connectivity index (χ2n) is 10.5. The molecule has 9 aromatic rings. The van der Waals surface area contributed by atoms with Crippen LogP contribution in [0.4, 0.5) is 0 Å². The van der Waals surface area contributed by atoms with Gasteiger partial charge in [0.1, 0.15) is 5.65 Å². The maximum Gasteiger partial charge on any atom is 0.146 e. The number of para-hydroxylation sites is 2. The Morgan fingerprint density at radius 1 is 0.400 bits per heavy atom. The Bertz CT molecular complexity index is 2270. The number of hydrogen-bond acceptors (Lipinski definition) is 1. The molecule has 6 aromatic carbocycles. The Kier molecular flexibility index (Phi) is 4.33. The van der Waals surface area contributed by atoms with Gasteiger partial charge in [0.25, 0.3) is 0 Å². The van der Waals surface area contributed by atoms with Crippen LogP contribution < -0.4 is 0 Å². The van der Waals surface area contributed by atoms with Crippen molar-refractivity contribution in [2.24, 2.45) is 0 Å². The minimum absolute atomic E-state index is 0.977. The van der Waals surface area contributed by atoms with E-state index in [4.69, 9.17) is 4.98 Å². The highest BCUT2D eigenvalue weighted by atomic mass is 15.1. The van der Waals surface area contributed by atoms with Crippen LogP contribution in [0.3, 0.4) is 0 Å². The minimum atomic E-state index is 0.977. The van der Waals surface area contributed by atoms with E-state index in [9.17, 15) is 0 Å². The van der Waals surface area contributed by atoms with Crippen molar-refractivity contribution in [2.45, 2.75) is 0 Å². The molecular weight excluding hydrogens is 486 g/mol. The summed E-state index contributed by atoms with van der Waals surface area (Å²) in [6, 6.07) is 47.9. The molecule has 3 heterocycles. The lowest BCUT2D eigenvalue weighted by atomic mass is 10.1. The fourth-order valence-corrected chi connectivity index (χ4v) is 6.53. The fraction of sp³-hybridized carbons (Fsp3) is 0. The average molecular weight is 510 g/mol. The molecule has 0 saturated carbocycles. The number of hydrogen-bond donors (Lipinski definition) is 0. The molecule has 9 rings (SSSR count). The lowest BCUT2D eigenvalue weighted by Crippen LogP contribution is -1.97. The van der Waals surface area contributed by atoms with E-state index in [0.29, 0.717) is 0 Å². The molecule has 0 N–H and O–H groups in total. The molecule has 40 heavy (non-hydrogen) atoms. The summed E-state index contributed by atoms with van der Waals surface area (Å²) in [5.74, 6) is 0. The molecule has 0 spiro atoms. The lowest BCUT2D eigenvalue weighted by Gasteiger charge is -2.10. The zero-order valence-electron chi connectivity index (χ0n) is 21.6. The van der Waals surface area contributed by atoms with Gasteiger partial charge >= 0.3 is 0 Å². The highest BCUT2D eigenvalue weighted by Gasteiger charge is 2.21. The van der Waals surface area contributed by atoms with E-state index in [2.05, 4.69) is 149 Å². The van der Waals surface area contributed by atoms with E-state index in [1.54, 1.807) is 0 Å². The van der Waals surface area contributed by atoms with Gasteiger partial charge in [-0.15, -0.1) is 0 Å². The molecule has 3 nitrogen and oxygen atoms in total. The van der Waals surface area contributed by atoms with Gasteiger partial charge < -0.3 is 4.57 Å². The molecule has 0 amide bonds. The standard InChI is InChI=1S/C37H23N3/c1-3-11-26-21-28(19-17-24(26)9-1)39-32-15-7-5-13-30(32)35-34(39)23-38-37-36(35)31-14-6-8-16-33(31)40(37)29-20-18-25-10-2-4-12-27(25)22-29/h1-23H. The largest absolute Gasteiger partial charge is 0.308 e. The predicted octanol–water partition coefficient (Wildman–Crippen LogP) is 9.58. The summed E-state index contributed by atoms with van der Waals surface area (Å²) in [5.41, 5.74) is 6.70. The number of nitrogens with zero attached hydrogens (tertiary/aromatic N) is 3. The van der Waals surface area contributed by atoms with Crippen LogP contribution in [-0.2, 0) is 0 Å². The molecule has 186 valence electrons. The van der Waals surface area contributed by atoms with Gasteiger partial charge in [0.05, 0.1) is 22.7 Å². The van der Waals surface area contributed by atoms with Crippen LogP contribution in [0.25, 0.3) is 76.7 Å². The smallest absolute Gasteiger partial charge is 0.146 e. The molecule has 0 bridgehead atoms. The van der Waals surface area contributed by atoms with Crippen LogP contribution in [0.1, 0.15) is 0 Å². The summed E-state index contributed by atoms with van der Waals surface area (Å²) in [6.07, 6.45) is 2.06. The minimum Gasteiger partial charge on any atom is -0.308 e. The van der Waals surface area contributed by atoms with Gasteiger partial charge in [-0.1, -0.05) is 97.1 Å². The van der Waals surface area contributed by atoms with Gasteiger partial charge in [-0.3, -0.25) is 4.57 Å². The zero-order valence-corrected chi connectivity index (χ0v) is 21.6. The molecule has 3 aromatic heterocycles. The molecule has 0 aliphatic heterocycles. The Labute approximate surface area is 230 Å². The van der Waals surface area contributed by atoms with Crippen LogP contribution >= 0.6 is 0 Å². The summed E-state index contributed by atoms with van der Waals surface area (Å²) in [5, 5.41) is 9.81. The predicted molar refractivity (Wildman–Crippen MR) is 168 cm³/mol. The van der Waals surface area contributed by atoms with E-state index in [-0.39, 0.29) is 0 Å². The lowest BCUT2D eigenvalue weighted by molar-refractivity contribution is 1.13. The van der Waals surface area contributed by atoms with E-state index in [1.807, 2.05) is 0 Å². The van der Waals surface area contributed by atoms with Gasteiger partial charge in [0.15, 0.2) is 0 Å². The van der Waals surface area contributed by atoms with Gasteiger partial charge in [-0.05, 0) is 57.9 Å². The monoisotopic (exact) mass is 509 g/mol. The molecule has 0 unspecified atom stereocenters. The van der Waals surface area contributed by atoms with E-state index < -0.39 is 0 Å². The summed E-state index contributed by atoms with van der Waals surface area (Å²) < 4.78 is 4.68. The molecule has 3 heteroatoms. The quantitative estimate of drug-likeness (QED) is 0.227. The summed E-state index contributed by atoms with van der Waals surface area (Å²) in [6.45, 7) is 0. The molecule has 0 aliphatic carbocycles. The number of aromatic nitrogens is 3. The van der Waals surface area contributed by atoms with Crippen LogP contribution in [0.5, 0.6) is 0 Å². The van der Waals surface area contributed by atoms with Crippen LogP contribution in [0.2, 0.25) is 0 Å². The SMILES string of the molecule is c1ccc2cc(-n3c4ccccc4c4c5c6ccccc6n(-c6ccc7ccccc7c6)c5ncc43)ccc2c1. The van der Waals surface area contributed by atoms with Crippen molar-refractivity contribution in [3.63, 3.8) is 0 Å². The third kappa shape index (κ3) is 2.92. The molecule has 0 radical (unpaired) electrons. The molecule has 0 atom stereocenters. The summed E-state index contributed by atoms with van der Waals surface area (Å²) in [4.78, 5) is 5.19.